The van der Waals surface area contributed by atoms with Crippen molar-refractivity contribution in [2.24, 2.45) is 23.5 Å². The van der Waals surface area contributed by atoms with Crippen molar-refractivity contribution in [3.8, 4) is 11.5 Å². The predicted octanol–water partition coefficient (Wildman–Crippen LogP) is 2.24. The Kier molecular flexibility index (Phi) is 5.09. The van der Waals surface area contributed by atoms with Gasteiger partial charge in [0.1, 0.15) is 11.5 Å². The van der Waals surface area contributed by atoms with Gasteiger partial charge in [0.15, 0.2) is 11.6 Å². The molecule has 0 radical (unpaired) electrons. The predicted molar refractivity (Wildman–Crippen MR) is 121 cm³/mol. The molecule has 0 bridgehead atoms. The molecule has 5 rings (SSSR count). The molecule has 34 heavy (non-hydrogen) atoms. The van der Waals surface area contributed by atoms with Crippen LogP contribution in [0.25, 0.3) is 0 Å². The fraction of sp³-hybridized carbons (Fsp3) is 0.292. The number of imide groups is 3. The number of rotatable bonds is 2. The minimum Gasteiger partial charge on any atom is -0.508 e. The van der Waals surface area contributed by atoms with Crippen LogP contribution in [0.4, 0.5) is 4.79 Å². The highest BCUT2D eigenvalue weighted by Gasteiger charge is 2.57. The number of fused-ring (bicyclic) bond motifs is 3. The highest BCUT2D eigenvalue weighted by atomic mass is 79.9. The fourth-order valence-corrected chi connectivity index (χ4v) is 6.12. The van der Waals surface area contributed by atoms with Crippen molar-refractivity contribution >= 4 is 45.3 Å². The van der Waals surface area contributed by atoms with Crippen molar-refractivity contribution in [2.45, 2.75) is 18.8 Å². The number of ketones is 2. The number of primary amides is 1. The number of benzene rings is 1. The second kappa shape index (κ2) is 7.76. The van der Waals surface area contributed by atoms with Gasteiger partial charge in [-0.25, -0.2) is 4.79 Å². The van der Waals surface area contributed by atoms with E-state index in [0.717, 1.165) is 0 Å². The molecule has 1 aromatic rings. The van der Waals surface area contributed by atoms with Crippen LogP contribution in [-0.2, 0) is 19.2 Å². The number of nitrogens with zero attached hydrogens (tertiary/aromatic N) is 1. The number of carbonyl (C=O) groups excluding carboxylic acids is 5. The summed E-state index contributed by atoms with van der Waals surface area (Å²) in [6.45, 7) is 0. The van der Waals surface area contributed by atoms with E-state index in [1.54, 1.807) is 18.2 Å². The highest BCUT2D eigenvalue weighted by molar-refractivity contribution is 9.12. The van der Waals surface area contributed by atoms with E-state index in [-0.39, 0.29) is 40.0 Å². The topological polar surface area (TPSA) is 144 Å². The third-order valence-electron chi connectivity index (χ3n) is 7.10. The molecular formula is C24H19BrN2O7. The summed E-state index contributed by atoms with van der Waals surface area (Å²) in [5, 5.41) is 10.7. The van der Waals surface area contributed by atoms with Crippen LogP contribution in [-0.4, -0.2) is 46.5 Å². The van der Waals surface area contributed by atoms with Gasteiger partial charge >= 0.3 is 6.03 Å². The minimum absolute atomic E-state index is 0.0443. The number of hydrogen-bond acceptors (Lipinski definition) is 7. The SMILES string of the molecule is COc1ccc(O)c([C@H]2C3=CC[C@@H]4C(=O)N(C(N)=O)C(=O)[C@@H]4[C@@H]3CC3=C2C(=O)C=C(Br)C3=O)c1. The zero-order valence-electron chi connectivity index (χ0n) is 17.9. The minimum atomic E-state index is -1.14. The summed E-state index contributed by atoms with van der Waals surface area (Å²) >= 11 is 3.15. The number of aromatic hydroxyl groups is 1. The van der Waals surface area contributed by atoms with Gasteiger partial charge in [-0.05, 0) is 52.9 Å². The molecule has 1 saturated heterocycles. The van der Waals surface area contributed by atoms with Crippen LogP contribution < -0.4 is 10.5 Å². The molecule has 174 valence electrons. The van der Waals surface area contributed by atoms with Crippen molar-refractivity contribution < 1.29 is 33.8 Å². The molecule has 1 fully saturated rings. The van der Waals surface area contributed by atoms with Crippen LogP contribution in [0.15, 0.2) is 51.6 Å². The Labute approximate surface area is 202 Å². The Morgan fingerprint density at radius 3 is 2.59 bits per heavy atom. The molecule has 4 atom stereocenters. The number of phenols is 1. The van der Waals surface area contributed by atoms with Gasteiger partial charge in [-0.3, -0.25) is 19.2 Å². The monoisotopic (exact) mass is 526 g/mol. The van der Waals surface area contributed by atoms with Gasteiger partial charge in [0.05, 0.1) is 23.4 Å². The van der Waals surface area contributed by atoms with Crippen molar-refractivity contribution in [1.29, 1.82) is 0 Å². The molecule has 3 N–H and O–H groups in total. The van der Waals surface area contributed by atoms with Crippen LogP contribution in [0, 0.1) is 17.8 Å². The van der Waals surface area contributed by atoms with E-state index in [1.807, 2.05) is 0 Å². The van der Waals surface area contributed by atoms with E-state index in [2.05, 4.69) is 15.9 Å². The smallest absolute Gasteiger partial charge is 0.328 e. The van der Waals surface area contributed by atoms with Gasteiger partial charge in [0.2, 0.25) is 11.8 Å². The number of phenolic OH excluding ortho intramolecular Hbond substituents is 1. The normalized spacial score (nSPS) is 28.2. The van der Waals surface area contributed by atoms with Gasteiger partial charge in [-0.1, -0.05) is 11.6 Å². The first-order valence-corrected chi connectivity index (χ1v) is 11.4. The number of amides is 4. The number of carbonyl (C=O) groups is 5. The number of urea groups is 1. The van der Waals surface area contributed by atoms with E-state index >= 15 is 0 Å². The summed E-state index contributed by atoms with van der Waals surface area (Å²) in [5.41, 5.74) is 6.72. The van der Waals surface area contributed by atoms with E-state index in [1.165, 1.54) is 19.3 Å². The van der Waals surface area contributed by atoms with Crippen LogP contribution in [0.5, 0.6) is 11.5 Å². The highest BCUT2D eigenvalue weighted by Crippen LogP contribution is 2.56. The first kappa shape index (κ1) is 22.3. The van der Waals surface area contributed by atoms with Crippen molar-refractivity contribution in [3.63, 3.8) is 0 Å². The Morgan fingerprint density at radius 1 is 1.18 bits per heavy atom. The molecule has 1 aromatic carbocycles. The maximum atomic E-state index is 13.1. The Balaban J connectivity index is 1.72. The maximum Gasteiger partial charge on any atom is 0.328 e. The average molecular weight is 527 g/mol. The van der Waals surface area contributed by atoms with Crippen molar-refractivity contribution in [1.82, 2.24) is 4.90 Å². The molecule has 4 amide bonds. The largest absolute Gasteiger partial charge is 0.508 e. The summed E-state index contributed by atoms with van der Waals surface area (Å²) in [6.07, 6.45) is 3.19. The maximum absolute atomic E-state index is 13.1. The quantitative estimate of drug-likeness (QED) is 0.341. The third-order valence-corrected chi connectivity index (χ3v) is 7.69. The van der Waals surface area contributed by atoms with Crippen molar-refractivity contribution in [3.05, 3.63) is 57.1 Å². The van der Waals surface area contributed by atoms with E-state index in [0.29, 0.717) is 21.8 Å². The first-order chi connectivity index (χ1) is 16.1. The van der Waals surface area contributed by atoms with E-state index in [9.17, 15) is 29.1 Å². The standard InChI is InChI=1S/C24H19BrN2O7/c1-34-9-2-5-16(28)13(6-9)18-10-3-4-11-19(23(32)27(22(11)31)24(26)33)12(10)7-14-20(18)17(29)8-15(25)21(14)30/h2-3,5-6,8,11-12,18-19,28H,4,7H2,1H3,(H2,26,33)/t11-,12+,18+,19-/m0/s1. The second-order valence-electron chi connectivity index (χ2n) is 8.67. The van der Waals surface area contributed by atoms with Gasteiger partial charge in [0.25, 0.3) is 0 Å². The summed E-state index contributed by atoms with van der Waals surface area (Å²) in [7, 11) is 1.46. The summed E-state index contributed by atoms with van der Waals surface area (Å²) in [5.74, 6) is -4.99. The number of ether oxygens (including phenoxy) is 1. The molecular weight excluding hydrogens is 508 g/mol. The zero-order chi connectivity index (χ0) is 24.5. The Hall–Kier alpha value is -3.53. The molecule has 0 spiro atoms. The number of allylic oxidation sites excluding steroid dienone is 6. The Bertz CT molecular complexity index is 1310. The lowest BCUT2D eigenvalue weighted by Gasteiger charge is -2.42. The van der Waals surface area contributed by atoms with Gasteiger partial charge in [-0.2, -0.15) is 4.90 Å². The second-order valence-corrected chi connectivity index (χ2v) is 9.52. The number of hydrogen-bond donors (Lipinski definition) is 2. The van der Waals surface area contributed by atoms with Crippen LogP contribution in [0.2, 0.25) is 0 Å². The fourth-order valence-electron chi connectivity index (χ4n) is 5.67. The molecule has 4 aliphatic rings. The lowest BCUT2D eigenvalue weighted by atomic mass is 9.59. The van der Waals surface area contributed by atoms with E-state index < -0.39 is 47.3 Å². The molecule has 0 unspecified atom stereocenters. The molecule has 1 aliphatic heterocycles. The summed E-state index contributed by atoms with van der Waals surface area (Å²) < 4.78 is 5.40. The van der Waals surface area contributed by atoms with Gasteiger partial charge in [0, 0.05) is 28.7 Å². The molecule has 9 nitrogen and oxygen atoms in total. The molecule has 0 aromatic heterocycles. The van der Waals surface area contributed by atoms with Crippen LogP contribution >= 0.6 is 15.9 Å². The van der Waals surface area contributed by atoms with Crippen LogP contribution in [0.1, 0.15) is 24.3 Å². The van der Waals surface area contributed by atoms with Gasteiger partial charge < -0.3 is 15.6 Å². The lowest BCUT2D eigenvalue weighted by molar-refractivity contribution is -0.136. The number of likely N-dealkylation sites (tertiary alicyclic amines) is 1. The van der Waals surface area contributed by atoms with Gasteiger partial charge in [-0.15, -0.1) is 0 Å². The zero-order valence-corrected chi connectivity index (χ0v) is 19.5. The molecule has 3 aliphatic carbocycles. The Morgan fingerprint density at radius 2 is 1.91 bits per heavy atom. The number of nitrogens with two attached hydrogens (primary N) is 1. The van der Waals surface area contributed by atoms with Crippen molar-refractivity contribution in [2.75, 3.05) is 7.11 Å². The van der Waals surface area contributed by atoms with E-state index in [4.69, 9.17) is 10.5 Å². The number of Topliss-reactive ketones (excluding diaryl/α,β-unsaturated/α-hetero) is 1. The molecule has 10 heteroatoms. The average Bonchev–Trinajstić information content (AvgIpc) is 3.06. The lowest BCUT2D eigenvalue weighted by Crippen LogP contribution is -2.42. The first-order valence-electron chi connectivity index (χ1n) is 10.6. The molecule has 1 heterocycles. The number of methoxy groups -OCH3 is 1. The summed E-state index contributed by atoms with van der Waals surface area (Å²) in [4.78, 5) is 64.5. The molecule has 0 saturated carbocycles. The van der Waals surface area contributed by atoms with Crippen LogP contribution in [0.3, 0.4) is 0 Å². The third kappa shape index (κ3) is 3.01. The number of halogens is 1. The summed E-state index contributed by atoms with van der Waals surface area (Å²) in [6, 6.07) is 3.44.